The molecule has 4 rings (SSSR count). The Morgan fingerprint density at radius 3 is 2.83 bits per heavy atom. The molecule has 0 aromatic heterocycles. The molecule has 186 valence electrons. The number of hydrogen-bond acceptors (Lipinski definition) is 4. The maximum Gasteiger partial charge on any atom is 0.419 e. The summed E-state index contributed by atoms with van der Waals surface area (Å²) < 4.78 is 48.0. The fourth-order valence-corrected chi connectivity index (χ4v) is 4.83. The van der Waals surface area contributed by atoms with Gasteiger partial charge < -0.3 is 20.7 Å². The van der Waals surface area contributed by atoms with Gasteiger partial charge in [-0.1, -0.05) is 34.1 Å². The Morgan fingerprint density at radius 2 is 2.09 bits per heavy atom. The third-order valence-corrected chi connectivity index (χ3v) is 6.53. The second-order valence-electron chi connectivity index (χ2n) is 8.41. The van der Waals surface area contributed by atoms with Gasteiger partial charge in [-0.25, -0.2) is 0 Å². The average molecular weight is 550 g/mol. The number of halogens is 4. The van der Waals surface area contributed by atoms with Crippen LogP contribution in [0.5, 0.6) is 5.75 Å². The molecule has 0 radical (unpaired) electrons. The molecule has 2 aliphatic rings. The van der Waals surface area contributed by atoms with E-state index in [9.17, 15) is 13.2 Å². The van der Waals surface area contributed by atoms with Crippen molar-refractivity contribution in [1.82, 2.24) is 15.5 Å². The minimum absolute atomic E-state index is 0.00186. The lowest BCUT2D eigenvalue weighted by Gasteiger charge is -2.36. The molecule has 0 amide bonds. The number of likely N-dealkylation sites (tertiary alicyclic amines) is 1. The number of ether oxygens (including phenoxy) is 1. The van der Waals surface area contributed by atoms with Gasteiger partial charge in [-0.15, -0.1) is 0 Å². The molecule has 6 nitrogen and oxygen atoms in total. The highest BCUT2D eigenvalue weighted by Gasteiger charge is 2.36. The van der Waals surface area contributed by atoms with Crippen molar-refractivity contribution in [2.45, 2.75) is 31.2 Å². The second-order valence-corrected chi connectivity index (χ2v) is 9.33. The van der Waals surface area contributed by atoms with Gasteiger partial charge in [0.25, 0.3) is 0 Å². The summed E-state index contributed by atoms with van der Waals surface area (Å²) >= 11 is 3.39. The van der Waals surface area contributed by atoms with E-state index in [1.165, 1.54) is 6.07 Å². The van der Waals surface area contributed by atoms with Crippen molar-refractivity contribution in [2.24, 2.45) is 5.73 Å². The lowest BCUT2D eigenvalue weighted by atomic mass is 10.0. The second kappa shape index (κ2) is 10.7. The maximum absolute atomic E-state index is 13.9. The Balaban J connectivity index is 1.48. The largest absolute Gasteiger partial charge is 0.489 e. The minimum Gasteiger partial charge on any atom is -0.489 e. The number of guanidine groups is 1. The van der Waals surface area contributed by atoms with Crippen molar-refractivity contribution >= 4 is 33.7 Å². The van der Waals surface area contributed by atoms with Crippen molar-refractivity contribution in [3.8, 4) is 5.75 Å². The van der Waals surface area contributed by atoms with E-state index in [0.29, 0.717) is 24.4 Å². The molecule has 2 aliphatic heterocycles. The van der Waals surface area contributed by atoms with Crippen LogP contribution in [0, 0.1) is 5.41 Å². The standard InChI is InChI=1S/C25H27BrF3N5O/c26-18-6-1-4-16(14-18)5-3-13-35-22-9-8-17(15-19(22)25(27,28)29)20-10-11-32-23(33-20)21-7-2-12-34(21)24(30)31/h1,3-6,8-10,14-15,21,23,32-33H,2,7,11-13H2,(H3,30,31)/b5-3+. The Kier molecular flexibility index (Phi) is 7.71. The Morgan fingerprint density at radius 1 is 1.26 bits per heavy atom. The molecule has 0 aliphatic carbocycles. The summed E-state index contributed by atoms with van der Waals surface area (Å²) in [4.78, 5) is 1.81. The molecule has 2 aromatic rings. The zero-order chi connectivity index (χ0) is 25.0. The topological polar surface area (TPSA) is 86.4 Å². The minimum atomic E-state index is -4.57. The number of rotatable bonds is 6. The maximum atomic E-state index is 13.9. The van der Waals surface area contributed by atoms with E-state index in [1.807, 2.05) is 35.2 Å². The molecule has 2 aromatic carbocycles. The molecule has 0 saturated carbocycles. The van der Waals surface area contributed by atoms with E-state index in [-0.39, 0.29) is 30.5 Å². The normalized spacial score (nSPS) is 20.6. The number of nitrogens with zero attached hydrogens (tertiary/aromatic N) is 1. The summed E-state index contributed by atoms with van der Waals surface area (Å²) in [6.07, 6.45) is 2.25. The molecule has 0 spiro atoms. The SMILES string of the molecule is N=C(N)N1CCCC1C1NCC=C(c2ccc(OC/C=C/c3cccc(Br)c3)c(C(F)(F)F)c2)N1. The van der Waals surface area contributed by atoms with Crippen LogP contribution in [-0.2, 0) is 6.18 Å². The monoisotopic (exact) mass is 549 g/mol. The summed E-state index contributed by atoms with van der Waals surface area (Å²) in [7, 11) is 0. The highest BCUT2D eigenvalue weighted by molar-refractivity contribution is 9.10. The van der Waals surface area contributed by atoms with Gasteiger partial charge in [-0.05, 0) is 66.5 Å². The van der Waals surface area contributed by atoms with Crippen LogP contribution in [0.3, 0.4) is 0 Å². The van der Waals surface area contributed by atoms with E-state index in [0.717, 1.165) is 28.9 Å². The fourth-order valence-electron chi connectivity index (χ4n) is 4.41. The molecule has 2 heterocycles. The summed E-state index contributed by atoms with van der Waals surface area (Å²) in [6, 6.07) is 11.6. The van der Waals surface area contributed by atoms with Crippen LogP contribution >= 0.6 is 15.9 Å². The van der Waals surface area contributed by atoms with E-state index in [2.05, 4.69) is 26.6 Å². The van der Waals surface area contributed by atoms with Crippen LogP contribution in [0.15, 0.2) is 59.1 Å². The number of alkyl halides is 3. The molecule has 1 saturated heterocycles. The summed E-state index contributed by atoms with van der Waals surface area (Å²) in [5.41, 5.74) is 6.83. The van der Waals surface area contributed by atoms with Crippen LogP contribution in [0.25, 0.3) is 11.8 Å². The molecule has 10 heteroatoms. The predicted molar refractivity (Wildman–Crippen MR) is 135 cm³/mol. The zero-order valence-corrected chi connectivity index (χ0v) is 20.5. The van der Waals surface area contributed by atoms with E-state index < -0.39 is 11.7 Å². The Bertz CT molecular complexity index is 1130. The first-order chi connectivity index (χ1) is 16.7. The van der Waals surface area contributed by atoms with Crippen LogP contribution in [-0.4, -0.2) is 42.8 Å². The van der Waals surface area contributed by atoms with Gasteiger partial charge in [0.15, 0.2) is 5.96 Å². The summed E-state index contributed by atoms with van der Waals surface area (Å²) in [5, 5.41) is 14.4. The number of nitrogens with two attached hydrogens (primary N) is 1. The number of nitrogens with one attached hydrogen (secondary N) is 3. The fraction of sp³-hybridized carbons (Fsp3) is 0.320. The first-order valence-corrected chi connectivity index (χ1v) is 12.1. The van der Waals surface area contributed by atoms with Crippen LogP contribution in [0.2, 0.25) is 0 Å². The highest BCUT2D eigenvalue weighted by Crippen LogP contribution is 2.38. The van der Waals surface area contributed by atoms with Crippen molar-refractivity contribution < 1.29 is 17.9 Å². The van der Waals surface area contributed by atoms with Crippen molar-refractivity contribution in [1.29, 1.82) is 5.41 Å². The van der Waals surface area contributed by atoms with E-state index in [1.54, 1.807) is 18.2 Å². The van der Waals surface area contributed by atoms with Gasteiger partial charge in [-0.3, -0.25) is 10.7 Å². The van der Waals surface area contributed by atoms with Crippen molar-refractivity contribution in [3.05, 3.63) is 75.8 Å². The van der Waals surface area contributed by atoms with Gasteiger partial charge >= 0.3 is 6.18 Å². The van der Waals surface area contributed by atoms with E-state index >= 15 is 0 Å². The molecule has 1 fully saturated rings. The van der Waals surface area contributed by atoms with E-state index in [4.69, 9.17) is 15.9 Å². The first kappa shape index (κ1) is 25.1. The van der Waals surface area contributed by atoms with Crippen molar-refractivity contribution in [2.75, 3.05) is 19.7 Å². The van der Waals surface area contributed by atoms with Gasteiger partial charge in [0, 0.05) is 23.3 Å². The Labute approximate surface area is 210 Å². The van der Waals surface area contributed by atoms with Crippen LogP contribution in [0.1, 0.15) is 29.5 Å². The highest BCUT2D eigenvalue weighted by atomic mass is 79.9. The lowest BCUT2D eigenvalue weighted by molar-refractivity contribution is -0.138. The third kappa shape index (κ3) is 6.18. The molecule has 35 heavy (non-hydrogen) atoms. The average Bonchev–Trinajstić information content (AvgIpc) is 3.32. The van der Waals surface area contributed by atoms with Gasteiger partial charge in [0.05, 0.1) is 17.8 Å². The van der Waals surface area contributed by atoms with Crippen LogP contribution < -0.4 is 21.1 Å². The van der Waals surface area contributed by atoms with Crippen molar-refractivity contribution in [3.63, 3.8) is 0 Å². The third-order valence-electron chi connectivity index (χ3n) is 6.04. The zero-order valence-electron chi connectivity index (χ0n) is 18.9. The van der Waals surface area contributed by atoms with Gasteiger partial charge in [0.2, 0.25) is 0 Å². The molecular weight excluding hydrogens is 523 g/mol. The number of benzene rings is 2. The molecule has 5 N–H and O–H groups in total. The smallest absolute Gasteiger partial charge is 0.419 e. The molecule has 0 bridgehead atoms. The molecule has 2 unspecified atom stereocenters. The first-order valence-electron chi connectivity index (χ1n) is 11.3. The predicted octanol–water partition coefficient (Wildman–Crippen LogP) is 4.78. The van der Waals surface area contributed by atoms with Gasteiger partial charge in [0.1, 0.15) is 12.4 Å². The lowest BCUT2D eigenvalue weighted by Crippen LogP contribution is -2.58. The van der Waals surface area contributed by atoms with Gasteiger partial charge in [-0.2, -0.15) is 13.2 Å². The van der Waals surface area contributed by atoms with Crippen LogP contribution in [0.4, 0.5) is 13.2 Å². The molecular formula is C25H27BrF3N5O. The molecule has 2 atom stereocenters. The Hall–Kier alpha value is -2.98. The number of hydrogen-bond donors (Lipinski definition) is 4. The summed E-state index contributed by atoms with van der Waals surface area (Å²) in [6.45, 7) is 1.19. The quantitative estimate of drug-likeness (QED) is 0.308. The summed E-state index contributed by atoms with van der Waals surface area (Å²) in [5.74, 6) is -0.216.